The van der Waals surface area contributed by atoms with Crippen LogP contribution in [0.4, 0.5) is 5.13 Å². The number of hydrogen-bond donors (Lipinski definition) is 1. The molecule has 4 aromatic rings. The van der Waals surface area contributed by atoms with Gasteiger partial charge in [0.15, 0.2) is 5.13 Å². The Balaban J connectivity index is 1.29. The second-order valence-corrected chi connectivity index (χ2v) is 9.18. The maximum Gasteiger partial charge on any atom is 0.257 e. The van der Waals surface area contributed by atoms with E-state index in [2.05, 4.69) is 47.8 Å². The minimum atomic E-state index is -0.0972. The average Bonchev–Trinajstić information content (AvgIpc) is 3.31. The molecule has 1 aliphatic carbocycles. The fourth-order valence-corrected chi connectivity index (χ4v) is 5.12. The van der Waals surface area contributed by atoms with E-state index in [4.69, 9.17) is 4.98 Å². The number of nitrogens with one attached hydrogen (secondary N) is 1. The van der Waals surface area contributed by atoms with Gasteiger partial charge in [-0.1, -0.05) is 60.7 Å². The van der Waals surface area contributed by atoms with Crippen molar-refractivity contribution in [3.8, 4) is 11.3 Å². The second kappa shape index (κ2) is 9.49. The fraction of sp³-hybridized carbons (Fsp3) is 0.214. The summed E-state index contributed by atoms with van der Waals surface area (Å²) in [4.78, 5) is 17.7. The highest BCUT2D eigenvalue weighted by molar-refractivity contribution is 7.14. The lowest BCUT2D eigenvalue weighted by Crippen LogP contribution is -2.14. The maximum atomic E-state index is 13.0. The summed E-state index contributed by atoms with van der Waals surface area (Å²) in [7, 11) is 0. The summed E-state index contributed by atoms with van der Waals surface area (Å²) in [6.45, 7) is 0. The molecule has 0 fully saturated rings. The molecule has 0 aliphatic heterocycles. The van der Waals surface area contributed by atoms with Gasteiger partial charge in [-0.3, -0.25) is 10.1 Å². The van der Waals surface area contributed by atoms with Crippen molar-refractivity contribution in [2.45, 2.75) is 38.5 Å². The summed E-state index contributed by atoms with van der Waals surface area (Å²) in [5.41, 5.74) is 8.02. The molecule has 5 rings (SSSR count). The van der Waals surface area contributed by atoms with Crippen LogP contribution >= 0.6 is 11.3 Å². The number of fused-ring (bicyclic) bond motifs is 1. The van der Waals surface area contributed by atoms with Gasteiger partial charge in [-0.2, -0.15) is 0 Å². The minimum Gasteiger partial charge on any atom is -0.298 e. The molecule has 1 heterocycles. The van der Waals surface area contributed by atoms with Gasteiger partial charge in [-0.25, -0.2) is 4.98 Å². The van der Waals surface area contributed by atoms with Gasteiger partial charge in [0.1, 0.15) is 0 Å². The van der Waals surface area contributed by atoms with Crippen LogP contribution in [0, 0.1) is 0 Å². The van der Waals surface area contributed by atoms with Crippen molar-refractivity contribution < 1.29 is 4.79 Å². The SMILES string of the molecule is O=C(Nc1nc(-c2ccc3c(c2)CCCC3)cs1)c1ccccc1CCc1ccccc1. The molecule has 0 bridgehead atoms. The van der Waals surface area contributed by atoms with E-state index >= 15 is 0 Å². The number of hydrogen-bond acceptors (Lipinski definition) is 3. The molecule has 160 valence electrons. The molecule has 3 nitrogen and oxygen atoms in total. The van der Waals surface area contributed by atoms with Crippen molar-refractivity contribution in [1.29, 1.82) is 0 Å². The molecule has 0 spiro atoms. The minimum absolute atomic E-state index is 0.0972. The summed E-state index contributed by atoms with van der Waals surface area (Å²) < 4.78 is 0. The molecule has 0 saturated carbocycles. The van der Waals surface area contributed by atoms with Gasteiger partial charge in [-0.05, 0) is 72.9 Å². The third kappa shape index (κ3) is 4.66. The Kier molecular flexibility index (Phi) is 6.13. The van der Waals surface area contributed by atoms with Crippen LogP contribution in [0.15, 0.2) is 78.2 Å². The van der Waals surface area contributed by atoms with Crippen molar-refractivity contribution >= 4 is 22.4 Å². The summed E-state index contributed by atoms with van der Waals surface area (Å²) in [6, 6.07) is 24.9. The normalized spacial score (nSPS) is 12.9. The monoisotopic (exact) mass is 438 g/mol. The molecule has 1 aliphatic rings. The number of aromatic nitrogens is 1. The number of aryl methyl sites for hydroxylation is 4. The summed E-state index contributed by atoms with van der Waals surface area (Å²) in [5.74, 6) is -0.0972. The van der Waals surface area contributed by atoms with E-state index in [-0.39, 0.29) is 5.91 Å². The van der Waals surface area contributed by atoms with Gasteiger partial charge in [-0.15, -0.1) is 11.3 Å². The predicted molar refractivity (Wildman–Crippen MR) is 132 cm³/mol. The van der Waals surface area contributed by atoms with Crippen LogP contribution in [0.3, 0.4) is 0 Å². The highest BCUT2D eigenvalue weighted by Gasteiger charge is 2.15. The molecule has 32 heavy (non-hydrogen) atoms. The maximum absolute atomic E-state index is 13.0. The lowest BCUT2D eigenvalue weighted by Gasteiger charge is -2.16. The highest BCUT2D eigenvalue weighted by atomic mass is 32.1. The van der Waals surface area contributed by atoms with E-state index in [9.17, 15) is 4.79 Å². The topological polar surface area (TPSA) is 42.0 Å². The number of thiazole rings is 1. The van der Waals surface area contributed by atoms with E-state index in [1.54, 1.807) is 0 Å². The van der Waals surface area contributed by atoms with Crippen molar-refractivity contribution in [1.82, 2.24) is 4.98 Å². The Bertz CT molecular complexity index is 1230. The first kappa shape index (κ1) is 20.7. The van der Waals surface area contributed by atoms with Crippen LogP contribution < -0.4 is 5.32 Å². The predicted octanol–water partition coefficient (Wildman–Crippen LogP) is 6.73. The first-order valence-electron chi connectivity index (χ1n) is 11.3. The molecule has 0 unspecified atom stereocenters. The van der Waals surface area contributed by atoms with E-state index in [0.717, 1.165) is 36.1 Å². The van der Waals surface area contributed by atoms with Crippen LogP contribution in [0.1, 0.15) is 45.5 Å². The third-order valence-corrected chi connectivity index (χ3v) is 6.91. The molecule has 0 atom stereocenters. The molecular formula is C28H26N2OS. The van der Waals surface area contributed by atoms with E-state index < -0.39 is 0 Å². The number of carbonyl (C=O) groups is 1. The van der Waals surface area contributed by atoms with E-state index in [1.807, 2.05) is 35.7 Å². The number of amides is 1. The van der Waals surface area contributed by atoms with Crippen LogP contribution in [-0.2, 0) is 25.7 Å². The van der Waals surface area contributed by atoms with Gasteiger partial charge in [0.2, 0.25) is 0 Å². The second-order valence-electron chi connectivity index (χ2n) is 8.33. The molecule has 0 saturated heterocycles. The zero-order chi connectivity index (χ0) is 21.8. The number of carbonyl (C=O) groups excluding carboxylic acids is 1. The van der Waals surface area contributed by atoms with Crippen LogP contribution in [0.5, 0.6) is 0 Å². The molecule has 0 radical (unpaired) electrons. The summed E-state index contributed by atoms with van der Waals surface area (Å²) in [5, 5.41) is 5.69. The lowest BCUT2D eigenvalue weighted by molar-refractivity contribution is 0.102. The first-order valence-corrected chi connectivity index (χ1v) is 12.1. The third-order valence-electron chi connectivity index (χ3n) is 6.16. The standard InChI is InChI=1S/C28H26N2OS/c31-27(25-13-7-6-11-22(25)15-14-20-8-2-1-3-9-20)30-28-29-26(19-32-28)24-17-16-21-10-4-5-12-23(21)18-24/h1-3,6-9,11,13,16-19H,4-5,10,12,14-15H2,(H,29,30,31). The Hall–Kier alpha value is -3.24. The Labute approximate surface area is 193 Å². The van der Waals surface area contributed by atoms with Gasteiger partial charge >= 0.3 is 0 Å². The Morgan fingerprint density at radius 1 is 0.875 bits per heavy atom. The number of rotatable bonds is 6. The largest absolute Gasteiger partial charge is 0.298 e. The molecule has 1 amide bonds. The molecule has 1 aromatic heterocycles. The van der Waals surface area contributed by atoms with Crippen LogP contribution in [-0.4, -0.2) is 10.9 Å². The number of benzene rings is 3. The zero-order valence-corrected chi connectivity index (χ0v) is 18.8. The molecule has 3 aromatic carbocycles. The van der Waals surface area contributed by atoms with Gasteiger partial charge in [0.25, 0.3) is 5.91 Å². The van der Waals surface area contributed by atoms with Crippen molar-refractivity contribution in [2.75, 3.05) is 5.32 Å². The van der Waals surface area contributed by atoms with Gasteiger partial charge in [0, 0.05) is 16.5 Å². The average molecular weight is 439 g/mol. The van der Waals surface area contributed by atoms with E-state index in [1.165, 1.54) is 47.3 Å². The quantitative estimate of drug-likeness (QED) is 0.363. The van der Waals surface area contributed by atoms with Crippen molar-refractivity contribution in [2.24, 2.45) is 0 Å². The Morgan fingerprint density at radius 2 is 1.66 bits per heavy atom. The highest BCUT2D eigenvalue weighted by Crippen LogP contribution is 2.30. The smallest absolute Gasteiger partial charge is 0.257 e. The van der Waals surface area contributed by atoms with Gasteiger partial charge < -0.3 is 0 Å². The lowest BCUT2D eigenvalue weighted by atomic mass is 9.90. The number of nitrogens with zero attached hydrogens (tertiary/aromatic N) is 1. The molecule has 1 N–H and O–H groups in total. The first-order chi connectivity index (χ1) is 15.8. The fourth-order valence-electron chi connectivity index (χ4n) is 4.40. The zero-order valence-electron chi connectivity index (χ0n) is 18.0. The molecular weight excluding hydrogens is 412 g/mol. The van der Waals surface area contributed by atoms with E-state index in [0.29, 0.717) is 10.7 Å². The summed E-state index contributed by atoms with van der Waals surface area (Å²) >= 11 is 1.48. The Morgan fingerprint density at radius 3 is 2.53 bits per heavy atom. The van der Waals surface area contributed by atoms with Gasteiger partial charge in [0.05, 0.1) is 5.69 Å². The molecule has 4 heteroatoms. The van der Waals surface area contributed by atoms with Crippen LogP contribution in [0.25, 0.3) is 11.3 Å². The van der Waals surface area contributed by atoms with Crippen molar-refractivity contribution in [3.63, 3.8) is 0 Å². The van der Waals surface area contributed by atoms with Crippen molar-refractivity contribution in [3.05, 3.63) is 106 Å². The van der Waals surface area contributed by atoms with Crippen LogP contribution in [0.2, 0.25) is 0 Å². The number of anilines is 1. The summed E-state index contributed by atoms with van der Waals surface area (Å²) in [6.07, 6.45) is 6.61.